The Morgan fingerprint density at radius 2 is 2.00 bits per heavy atom. The first kappa shape index (κ1) is 12.4. The third-order valence-electron chi connectivity index (χ3n) is 3.39. The zero-order valence-corrected chi connectivity index (χ0v) is 11.0. The molecule has 0 aliphatic carbocycles. The summed E-state index contributed by atoms with van der Waals surface area (Å²) in [7, 11) is 0. The first-order valence-electron chi connectivity index (χ1n) is 6.33. The number of nitrogens with zero attached hydrogens (tertiary/aromatic N) is 3. The minimum atomic E-state index is -0.294. The SMILES string of the molecule is CC(Cn1cccn1)N1C(=O)c2ccc(N)cc2C1=O. The fraction of sp³-hybridized carbons (Fsp3) is 0.214. The maximum absolute atomic E-state index is 12.3. The van der Waals surface area contributed by atoms with Crippen molar-refractivity contribution in [2.24, 2.45) is 0 Å². The molecule has 1 aromatic carbocycles. The second-order valence-electron chi connectivity index (χ2n) is 4.86. The molecule has 2 aromatic rings. The van der Waals surface area contributed by atoms with Crippen molar-refractivity contribution in [1.29, 1.82) is 0 Å². The standard InChI is InChI=1S/C14H14N4O2/c1-9(8-17-6-2-5-16-17)18-13(19)11-4-3-10(15)7-12(11)14(18)20/h2-7,9H,8,15H2,1H3. The van der Waals surface area contributed by atoms with Gasteiger partial charge in [0.25, 0.3) is 11.8 Å². The lowest BCUT2D eigenvalue weighted by molar-refractivity contribution is 0.0581. The number of nitrogen functional groups attached to an aromatic ring is 1. The second kappa shape index (κ2) is 4.48. The number of hydrogen-bond donors (Lipinski definition) is 1. The molecule has 1 unspecified atom stereocenters. The molecule has 2 heterocycles. The number of amides is 2. The van der Waals surface area contributed by atoms with Crippen LogP contribution in [0.2, 0.25) is 0 Å². The molecule has 1 aliphatic heterocycles. The Hall–Kier alpha value is -2.63. The molecule has 6 heteroatoms. The highest BCUT2D eigenvalue weighted by Gasteiger charge is 2.38. The Kier molecular flexibility index (Phi) is 2.78. The molecule has 6 nitrogen and oxygen atoms in total. The third-order valence-corrected chi connectivity index (χ3v) is 3.39. The van der Waals surface area contributed by atoms with Gasteiger partial charge in [0, 0.05) is 18.1 Å². The van der Waals surface area contributed by atoms with Gasteiger partial charge in [-0.2, -0.15) is 5.10 Å². The molecule has 0 fully saturated rings. The van der Waals surface area contributed by atoms with Crippen LogP contribution >= 0.6 is 0 Å². The van der Waals surface area contributed by atoms with E-state index in [0.29, 0.717) is 23.4 Å². The van der Waals surface area contributed by atoms with Gasteiger partial charge in [0.1, 0.15) is 0 Å². The topological polar surface area (TPSA) is 81.2 Å². The van der Waals surface area contributed by atoms with Crippen LogP contribution in [-0.4, -0.2) is 32.5 Å². The van der Waals surface area contributed by atoms with Crippen molar-refractivity contribution in [1.82, 2.24) is 14.7 Å². The van der Waals surface area contributed by atoms with Crippen LogP contribution in [0.15, 0.2) is 36.7 Å². The van der Waals surface area contributed by atoms with E-state index in [1.807, 2.05) is 6.92 Å². The van der Waals surface area contributed by atoms with E-state index in [4.69, 9.17) is 5.73 Å². The van der Waals surface area contributed by atoms with Crippen molar-refractivity contribution < 1.29 is 9.59 Å². The van der Waals surface area contributed by atoms with Gasteiger partial charge < -0.3 is 5.73 Å². The quantitative estimate of drug-likeness (QED) is 0.670. The molecule has 0 saturated heterocycles. The number of carbonyl (C=O) groups is 2. The van der Waals surface area contributed by atoms with Crippen LogP contribution in [0, 0.1) is 0 Å². The molecular formula is C14H14N4O2. The van der Waals surface area contributed by atoms with Gasteiger partial charge in [-0.05, 0) is 31.2 Å². The highest BCUT2D eigenvalue weighted by molar-refractivity contribution is 6.21. The number of fused-ring (bicyclic) bond motifs is 1. The van der Waals surface area contributed by atoms with E-state index in [2.05, 4.69) is 5.10 Å². The molecule has 102 valence electrons. The van der Waals surface area contributed by atoms with Gasteiger partial charge in [0.05, 0.1) is 23.7 Å². The number of hydrogen-bond acceptors (Lipinski definition) is 4. The van der Waals surface area contributed by atoms with Crippen LogP contribution in [-0.2, 0) is 6.54 Å². The summed E-state index contributed by atoms with van der Waals surface area (Å²) in [6.45, 7) is 2.29. The second-order valence-corrected chi connectivity index (χ2v) is 4.86. The van der Waals surface area contributed by atoms with Crippen molar-refractivity contribution in [2.75, 3.05) is 5.73 Å². The zero-order valence-electron chi connectivity index (χ0n) is 11.0. The van der Waals surface area contributed by atoms with Gasteiger partial charge in [-0.25, -0.2) is 0 Å². The average Bonchev–Trinajstić information content (AvgIpc) is 2.98. The Balaban J connectivity index is 1.89. The summed E-state index contributed by atoms with van der Waals surface area (Å²) in [6.07, 6.45) is 3.46. The van der Waals surface area contributed by atoms with Gasteiger partial charge >= 0.3 is 0 Å². The highest BCUT2D eigenvalue weighted by atomic mass is 16.2. The van der Waals surface area contributed by atoms with E-state index < -0.39 is 0 Å². The molecule has 1 atom stereocenters. The number of nitrogens with two attached hydrogens (primary N) is 1. The van der Waals surface area contributed by atoms with Gasteiger partial charge in [0.15, 0.2) is 0 Å². The fourth-order valence-corrected chi connectivity index (χ4v) is 2.44. The zero-order chi connectivity index (χ0) is 14.3. The van der Waals surface area contributed by atoms with Crippen molar-refractivity contribution in [3.63, 3.8) is 0 Å². The lowest BCUT2D eigenvalue weighted by Gasteiger charge is -2.22. The van der Waals surface area contributed by atoms with Crippen molar-refractivity contribution in [3.8, 4) is 0 Å². The minimum Gasteiger partial charge on any atom is -0.399 e. The number of rotatable bonds is 3. The molecule has 3 rings (SSSR count). The number of anilines is 1. The van der Waals surface area contributed by atoms with Gasteiger partial charge in [-0.1, -0.05) is 0 Å². The number of imide groups is 1. The molecule has 1 aliphatic rings. The maximum atomic E-state index is 12.3. The molecule has 0 saturated carbocycles. The Morgan fingerprint density at radius 1 is 1.25 bits per heavy atom. The van der Waals surface area contributed by atoms with E-state index in [1.54, 1.807) is 41.3 Å². The average molecular weight is 270 g/mol. The molecule has 20 heavy (non-hydrogen) atoms. The van der Waals surface area contributed by atoms with Crippen LogP contribution in [0.3, 0.4) is 0 Å². The smallest absolute Gasteiger partial charge is 0.261 e. The maximum Gasteiger partial charge on any atom is 0.261 e. The van der Waals surface area contributed by atoms with E-state index >= 15 is 0 Å². The van der Waals surface area contributed by atoms with E-state index in [0.717, 1.165) is 0 Å². The molecular weight excluding hydrogens is 256 g/mol. The van der Waals surface area contributed by atoms with Crippen molar-refractivity contribution in [3.05, 3.63) is 47.8 Å². The van der Waals surface area contributed by atoms with Crippen LogP contribution in [0.25, 0.3) is 0 Å². The number of carbonyl (C=O) groups excluding carboxylic acids is 2. The van der Waals surface area contributed by atoms with E-state index in [-0.39, 0.29) is 17.9 Å². The molecule has 0 bridgehead atoms. The summed E-state index contributed by atoms with van der Waals surface area (Å²) in [5, 5.41) is 4.09. The summed E-state index contributed by atoms with van der Waals surface area (Å²) < 4.78 is 1.70. The summed E-state index contributed by atoms with van der Waals surface area (Å²) in [5.74, 6) is -0.568. The Labute approximate surface area is 115 Å². The number of aromatic nitrogens is 2. The molecule has 0 radical (unpaired) electrons. The predicted molar refractivity (Wildman–Crippen MR) is 73.0 cm³/mol. The van der Waals surface area contributed by atoms with Crippen LogP contribution in [0.4, 0.5) is 5.69 Å². The molecule has 2 N–H and O–H groups in total. The predicted octanol–water partition coefficient (Wildman–Crippen LogP) is 1.15. The van der Waals surface area contributed by atoms with Crippen LogP contribution < -0.4 is 5.73 Å². The van der Waals surface area contributed by atoms with Gasteiger partial charge in [0.2, 0.25) is 0 Å². The minimum absolute atomic E-state index is 0.273. The number of benzene rings is 1. The lowest BCUT2D eigenvalue weighted by atomic mass is 10.1. The summed E-state index contributed by atoms with van der Waals surface area (Å²) >= 11 is 0. The normalized spacial score (nSPS) is 15.6. The van der Waals surface area contributed by atoms with Gasteiger partial charge in [-0.15, -0.1) is 0 Å². The largest absolute Gasteiger partial charge is 0.399 e. The van der Waals surface area contributed by atoms with Crippen molar-refractivity contribution >= 4 is 17.5 Å². The fourth-order valence-electron chi connectivity index (χ4n) is 2.44. The van der Waals surface area contributed by atoms with Gasteiger partial charge in [-0.3, -0.25) is 19.2 Å². The third kappa shape index (κ3) is 1.85. The van der Waals surface area contributed by atoms with Crippen LogP contribution in [0.1, 0.15) is 27.6 Å². The summed E-state index contributed by atoms with van der Waals surface area (Å²) in [4.78, 5) is 25.9. The first-order valence-corrected chi connectivity index (χ1v) is 6.33. The first-order chi connectivity index (χ1) is 9.58. The molecule has 0 spiro atoms. The highest BCUT2D eigenvalue weighted by Crippen LogP contribution is 2.26. The van der Waals surface area contributed by atoms with E-state index in [1.165, 1.54) is 4.90 Å². The Bertz CT molecular complexity index is 678. The monoisotopic (exact) mass is 270 g/mol. The van der Waals surface area contributed by atoms with Crippen LogP contribution in [0.5, 0.6) is 0 Å². The Morgan fingerprint density at radius 3 is 2.70 bits per heavy atom. The molecule has 2 amide bonds. The van der Waals surface area contributed by atoms with E-state index in [9.17, 15) is 9.59 Å². The lowest BCUT2D eigenvalue weighted by Crippen LogP contribution is -2.40. The molecule has 1 aromatic heterocycles. The summed E-state index contributed by atoms with van der Waals surface area (Å²) in [5.41, 5.74) is 6.94. The van der Waals surface area contributed by atoms with Crippen molar-refractivity contribution in [2.45, 2.75) is 19.5 Å². The summed E-state index contributed by atoms with van der Waals surface area (Å²) in [6, 6.07) is 6.31.